The summed E-state index contributed by atoms with van der Waals surface area (Å²) in [5, 5.41) is 6.10. The fourth-order valence-corrected chi connectivity index (χ4v) is 4.00. The largest absolute Gasteiger partial charge is 0.353 e. The van der Waals surface area contributed by atoms with E-state index in [0.29, 0.717) is 18.9 Å². The van der Waals surface area contributed by atoms with Gasteiger partial charge in [0.05, 0.1) is 24.6 Å². The van der Waals surface area contributed by atoms with Gasteiger partial charge in [-0.1, -0.05) is 30.3 Å². The van der Waals surface area contributed by atoms with Gasteiger partial charge in [-0.3, -0.25) is 4.79 Å². The monoisotopic (exact) mass is 352 g/mol. The van der Waals surface area contributed by atoms with Crippen LogP contribution in [-0.2, 0) is 21.2 Å². The molecule has 0 aliphatic carbocycles. The van der Waals surface area contributed by atoms with Crippen molar-refractivity contribution in [2.75, 3.05) is 32.1 Å². The number of carbonyl (C=O) groups is 1. The Labute approximate surface area is 143 Å². The SMILES string of the molecule is CN(C)C(=O)CNC(=NCc1ccccc1)NC1CCS(=O)(=O)C1. The summed E-state index contributed by atoms with van der Waals surface area (Å²) in [6.45, 7) is 0.554. The van der Waals surface area contributed by atoms with Crippen LogP contribution in [0.25, 0.3) is 0 Å². The lowest BCUT2D eigenvalue weighted by Crippen LogP contribution is -2.47. The first-order valence-electron chi connectivity index (χ1n) is 7.85. The number of likely N-dealkylation sites (N-methyl/N-ethyl adjacent to an activating group) is 1. The first-order valence-corrected chi connectivity index (χ1v) is 9.67. The third-order valence-electron chi connectivity index (χ3n) is 3.74. The Morgan fingerprint density at radius 1 is 1.29 bits per heavy atom. The molecule has 0 radical (unpaired) electrons. The van der Waals surface area contributed by atoms with Crippen molar-refractivity contribution in [2.24, 2.45) is 4.99 Å². The lowest BCUT2D eigenvalue weighted by molar-refractivity contribution is -0.127. The highest BCUT2D eigenvalue weighted by Crippen LogP contribution is 2.11. The number of amides is 1. The highest BCUT2D eigenvalue weighted by atomic mass is 32.2. The average molecular weight is 352 g/mol. The molecule has 1 aromatic carbocycles. The molecule has 1 atom stereocenters. The molecule has 2 N–H and O–H groups in total. The van der Waals surface area contributed by atoms with Crippen LogP contribution in [0.15, 0.2) is 35.3 Å². The van der Waals surface area contributed by atoms with E-state index >= 15 is 0 Å². The number of hydrogen-bond donors (Lipinski definition) is 2. The van der Waals surface area contributed by atoms with Crippen LogP contribution in [0.4, 0.5) is 0 Å². The minimum atomic E-state index is -2.97. The number of carbonyl (C=O) groups excluding carboxylic acids is 1. The van der Waals surface area contributed by atoms with Crippen LogP contribution in [0.1, 0.15) is 12.0 Å². The highest BCUT2D eigenvalue weighted by molar-refractivity contribution is 7.91. The molecule has 7 nitrogen and oxygen atoms in total. The van der Waals surface area contributed by atoms with E-state index in [2.05, 4.69) is 15.6 Å². The number of rotatable bonds is 5. The molecule has 132 valence electrons. The number of nitrogens with one attached hydrogen (secondary N) is 2. The maximum atomic E-state index is 11.7. The summed E-state index contributed by atoms with van der Waals surface area (Å²) in [6, 6.07) is 9.56. The van der Waals surface area contributed by atoms with Crippen LogP contribution in [0.5, 0.6) is 0 Å². The summed E-state index contributed by atoms with van der Waals surface area (Å²) < 4.78 is 23.2. The molecule has 1 saturated heterocycles. The summed E-state index contributed by atoms with van der Waals surface area (Å²) in [5.41, 5.74) is 1.04. The van der Waals surface area contributed by atoms with Gasteiger partial charge >= 0.3 is 0 Å². The van der Waals surface area contributed by atoms with E-state index in [1.165, 1.54) is 4.90 Å². The summed E-state index contributed by atoms with van der Waals surface area (Å²) in [5.74, 6) is 0.660. The Bertz CT molecular complexity index is 687. The lowest BCUT2D eigenvalue weighted by atomic mass is 10.2. The second-order valence-corrected chi connectivity index (χ2v) is 8.27. The van der Waals surface area contributed by atoms with Gasteiger partial charge in [0, 0.05) is 20.1 Å². The molecule has 1 amide bonds. The van der Waals surface area contributed by atoms with Gasteiger partial charge < -0.3 is 15.5 Å². The van der Waals surface area contributed by atoms with Crippen molar-refractivity contribution in [1.82, 2.24) is 15.5 Å². The van der Waals surface area contributed by atoms with Crippen molar-refractivity contribution in [3.8, 4) is 0 Å². The molecular weight excluding hydrogens is 328 g/mol. The zero-order valence-electron chi connectivity index (χ0n) is 14.0. The topological polar surface area (TPSA) is 90.9 Å². The van der Waals surface area contributed by atoms with Gasteiger partial charge in [0.1, 0.15) is 0 Å². The van der Waals surface area contributed by atoms with Crippen molar-refractivity contribution in [3.05, 3.63) is 35.9 Å². The third kappa shape index (κ3) is 5.84. The molecule has 8 heteroatoms. The fourth-order valence-electron chi connectivity index (χ4n) is 2.33. The zero-order valence-corrected chi connectivity index (χ0v) is 14.8. The van der Waals surface area contributed by atoms with Crippen molar-refractivity contribution >= 4 is 21.7 Å². The summed E-state index contributed by atoms with van der Waals surface area (Å²) in [4.78, 5) is 17.7. The summed E-state index contributed by atoms with van der Waals surface area (Å²) >= 11 is 0. The van der Waals surface area contributed by atoms with Crippen LogP contribution in [-0.4, -0.2) is 63.4 Å². The van der Waals surface area contributed by atoms with E-state index in [9.17, 15) is 13.2 Å². The molecule has 1 aliphatic rings. The molecule has 24 heavy (non-hydrogen) atoms. The van der Waals surface area contributed by atoms with Gasteiger partial charge in [0.15, 0.2) is 15.8 Å². The molecule has 1 heterocycles. The Balaban J connectivity index is 2.01. The molecule has 1 fully saturated rings. The minimum absolute atomic E-state index is 0.0803. The molecule has 0 bridgehead atoms. The number of guanidine groups is 1. The lowest BCUT2D eigenvalue weighted by Gasteiger charge is -2.18. The zero-order chi connectivity index (χ0) is 17.6. The van der Waals surface area contributed by atoms with E-state index in [-0.39, 0.29) is 30.0 Å². The molecular formula is C16H24N4O3S. The van der Waals surface area contributed by atoms with E-state index in [4.69, 9.17) is 0 Å². The van der Waals surface area contributed by atoms with Gasteiger partial charge in [-0.05, 0) is 12.0 Å². The maximum Gasteiger partial charge on any atom is 0.241 e. The van der Waals surface area contributed by atoms with Crippen molar-refractivity contribution in [2.45, 2.75) is 19.0 Å². The smallest absolute Gasteiger partial charge is 0.241 e. The number of aliphatic imine (C=N–C) groups is 1. The van der Waals surface area contributed by atoms with E-state index < -0.39 is 9.84 Å². The predicted octanol–water partition coefficient (Wildman–Crippen LogP) is -0.00290. The summed E-state index contributed by atoms with van der Waals surface area (Å²) in [7, 11) is 0.391. The Kier molecular flexibility index (Phi) is 6.19. The first kappa shape index (κ1) is 18.3. The maximum absolute atomic E-state index is 11.7. The van der Waals surface area contributed by atoms with Crippen LogP contribution >= 0.6 is 0 Å². The van der Waals surface area contributed by atoms with Crippen LogP contribution in [0, 0.1) is 0 Å². The van der Waals surface area contributed by atoms with Gasteiger partial charge in [-0.25, -0.2) is 13.4 Å². The minimum Gasteiger partial charge on any atom is -0.353 e. The fraction of sp³-hybridized carbons (Fsp3) is 0.500. The van der Waals surface area contributed by atoms with E-state index in [0.717, 1.165) is 5.56 Å². The molecule has 1 aromatic rings. The first-order chi connectivity index (χ1) is 11.4. The normalized spacial score (nSPS) is 19.8. The molecule has 0 spiro atoms. The van der Waals surface area contributed by atoms with Crippen molar-refractivity contribution in [1.29, 1.82) is 0 Å². The molecule has 1 aliphatic heterocycles. The number of benzene rings is 1. The molecule has 1 unspecified atom stereocenters. The van der Waals surface area contributed by atoms with Crippen LogP contribution in [0.3, 0.4) is 0 Å². The Morgan fingerprint density at radius 3 is 2.58 bits per heavy atom. The number of hydrogen-bond acceptors (Lipinski definition) is 4. The van der Waals surface area contributed by atoms with E-state index in [1.54, 1.807) is 14.1 Å². The van der Waals surface area contributed by atoms with Crippen molar-refractivity contribution < 1.29 is 13.2 Å². The van der Waals surface area contributed by atoms with Gasteiger partial charge in [-0.2, -0.15) is 0 Å². The standard InChI is InChI=1S/C16H24N4O3S/c1-20(2)15(21)11-18-16(17-10-13-6-4-3-5-7-13)19-14-8-9-24(22,23)12-14/h3-7,14H,8-12H2,1-2H3,(H2,17,18,19). The highest BCUT2D eigenvalue weighted by Gasteiger charge is 2.28. The van der Waals surface area contributed by atoms with Gasteiger partial charge in [-0.15, -0.1) is 0 Å². The molecule has 0 aromatic heterocycles. The van der Waals surface area contributed by atoms with Crippen molar-refractivity contribution in [3.63, 3.8) is 0 Å². The number of nitrogens with zero attached hydrogens (tertiary/aromatic N) is 2. The van der Waals surface area contributed by atoms with E-state index in [1.807, 2.05) is 30.3 Å². The number of sulfone groups is 1. The quantitative estimate of drug-likeness (QED) is 0.575. The van der Waals surface area contributed by atoms with Crippen LogP contribution in [0.2, 0.25) is 0 Å². The molecule has 2 rings (SSSR count). The Hall–Kier alpha value is -2.09. The van der Waals surface area contributed by atoms with Gasteiger partial charge in [0.2, 0.25) is 5.91 Å². The predicted molar refractivity (Wildman–Crippen MR) is 94.5 cm³/mol. The summed E-state index contributed by atoms with van der Waals surface area (Å²) in [6.07, 6.45) is 0.552. The average Bonchev–Trinajstić information content (AvgIpc) is 2.89. The second kappa shape index (κ2) is 8.14. The Morgan fingerprint density at radius 2 is 2.00 bits per heavy atom. The van der Waals surface area contributed by atoms with Gasteiger partial charge in [0.25, 0.3) is 0 Å². The van der Waals surface area contributed by atoms with Crippen LogP contribution < -0.4 is 10.6 Å². The molecule has 0 saturated carbocycles. The third-order valence-corrected chi connectivity index (χ3v) is 5.51. The second-order valence-electron chi connectivity index (χ2n) is 6.04.